The molecule has 0 aliphatic rings. The van der Waals surface area contributed by atoms with Gasteiger partial charge >= 0.3 is 0 Å². The molecule has 13 heavy (non-hydrogen) atoms. The highest BCUT2D eigenvalue weighted by molar-refractivity contribution is 7.91. The summed E-state index contributed by atoms with van der Waals surface area (Å²) in [4.78, 5) is 9.98. The summed E-state index contributed by atoms with van der Waals surface area (Å²) in [7, 11) is -3.66. The molecular weight excluding hydrogens is 214 g/mol. The zero-order chi connectivity index (χ0) is 9.90. The zero-order valence-electron chi connectivity index (χ0n) is 6.39. The van der Waals surface area contributed by atoms with E-state index in [1.807, 2.05) is 4.72 Å². The van der Waals surface area contributed by atoms with Gasteiger partial charge in [0, 0.05) is 0 Å². The fourth-order valence-electron chi connectivity index (χ4n) is 0.641. The third-order valence-electron chi connectivity index (χ3n) is 1.17. The molecule has 0 saturated heterocycles. The van der Waals surface area contributed by atoms with Gasteiger partial charge in [0.15, 0.2) is 0 Å². The van der Waals surface area contributed by atoms with Crippen molar-refractivity contribution in [2.24, 2.45) is 0 Å². The van der Waals surface area contributed by atoms with Crippen molar-refractivity contribution in [2.75, 3.05) is 6.54 Å². The van der Waals surface area contributed by atoms with Crippen LogP contribution in [0.25, 0.3) is 0 Å². The van der Waals surface area contributed by atoms with E-state index < -0.39 is 22.5 Å². The van der Waals surface area contributed by atoms with Crippen LogP contribution in [0.1, 0.15) is 0 Å². The summed E-state index contributed by atoms with van der Waals surface area (Å²) in [5.41, 5.74) is 0. The summed E-state index contributed by atoms with van der Waals surface area (Å²) >= 11 is 1.02. The number of aliphatic carboxylic acids is 1. The number of carbonyl (C=O) groups is 1. The lowest BCUT2D eigenvalue weighted by Crippen LogP contribution is -2.37. The smallest absolute Gasteiger partial charge is 0.250 e. The molecular formula is C6H6NO4S2-. The Balaban J connectivity index is 2.74. The Kier molecular flexibility index (Phi) is 3.02. The van der Waals surface area contributed by atoms with Gasteiger partial charge in [0.2, 0.25) is 10.0 Å². The number of hydrogen-bond acceptors (Lipinski definition) is 5. The van der Waals surface area contributed by atoms with E-state index in [9.17, 15) is 18.3 Å². The Morgan fingerprint density at radius 1 is 1.62 bits per heavy atom. The molecule has 1 heterocycles. The lowest BCUT2D eigenvalue weighted by molar-refractivity contribution is -0.303. The molecule has 0 fully saturated rings. The number of rotatable bonds is 4. The Morgan fingerprint density at radius 2 is 2.31 bits per heavy atom. The normalized spacial score (nSPS) is 11.4. The van der Waals surface area contributed by atoms with Gasteiger partial charge < -0.3 is 9.90 Å². The van der Waals surface area contributed by atoms with Crippen molar-refractivity contribution >= 4 is 27.3 Å². The van der Waals surface area contributed by atoms with Crippen molar-refractivity contribution in [3.8, 4) is 0 Å². The van der Waals surface area contributed by atoms with Gasteiger partial charge in [-0.15, -0.1) is 11.3 Å². The fourth-order valence-corrected chi connectivity index (χ4v) is 2.65. The molecule has 0 aromatic carbocycles. The summed E-state index contributed by atoms with van der Waals surface area (Å²) in [5.74, 6) is -1.46. The Hall–Kier alpha value is -0.920. The average molecular weight is 220 g/mol. The van der Waals surface area contributed by atoms with Gasteiger partial charge in [-0.2, -0.15) is 0 Å². The first kappa shape index (κ1) is 10.2. The summed E-state index contributed by atoms with van der Waals surface area (Å²) in [6.07, 6.45) is 0. The number of sulfonamides is 1. The molecule has 1 aromatic rings. The SMILES string of the molecule is O=C([O-])CNS(=O)(=O)c1cccs1. The number of carbonyl (C=O) groups excluding carboxylic acids is 1. The summed E-state index contributed by atoms with van der Waals surface area (Å²) < 4.78 is 24.4. The first-order valence-electron chi connectivity index (χ1n) is 3.25. The lowest BCUT2D eigenvalue weighted by Gasteiger charge is -2.04. The Labute approximate surface area is 79.1 Å². The van der Waals surface area contributed by atoms with Gasteiger partial charge in [0.05, 0.1) is 12.5 Å². The minimum atomic E-state index is -3.66. The molecule has 0 spiro atoms. The summed E-state index contributed by atoms with van der Waals surface area (Å²) in [6, 6.07) is 2.96. The standard InChI is InChI=1S/C6H7NO4S2/c8-5(9)4-7-13(10,11)6-2-1-3-12-6/h1-3,7H,4H2,(H,8,9)/p-1. The minimum absolute atomic E-state index is 0.0914. The van der Waals surface area contributed by atoms with Gasteiger partial charge in [-0.3, -0.25) is 0 Å². The number of thiophene rings is 1. The van der Waals surface area contributed by atoms with E-state index in [-0.39, 0.29) is 4.21 Å². The predicted molar refractivity (Wildman–Crippen MR) is 44.5 cm³/mol. The minimum Gasteiger partial charge on any atom is -0.549 e. The fraction of sp³-hybridized carbons (Fsp3) is 0.167. The molecule has 72 valence electrons. The molecule has 1 rings (SSSR count). The molecule has 0 aliphatic heterocycles. The summed E-state index contributed by atoms with van der Waals surface area (Å²) in [6.45, 7) is -0.708. The van der Waals surface area contributed by atoms with Crippen molar-refractivity contribution in [2.45, 2.75) is 4.21 Å². The van der Waals surface area contributed by atoms with Crippen molar-refractivity contribution in [1.82, 2.24) is 4.72 Å². The van der Waals surface area contributed by atoms with Crippen LogP contribution in [0.15, 0.2) is 21.7 Å². The van der Waals surface area contributed by atoms with Crippen molar-refractivity contribution in [3.05, 3.63) is 17.5 Å². The van der Waals surface area contributed by atoms with E-state index >= 15 is 0 Å². The molecule has 0 atom stereocenters. The zero-order valence-corrected chi connectivity index (χ0v) is 8.02. The maximum absolute atomic E-state index is 11.2. The van der Waals surface area contributed by atoms with E-state index in [0.717, 1.165) is 11.3 Å². The van der Waals surface area contributed by atoms with Gasteiger partial charge in [0.1, 0.15) is 4.21 Å². The molecule has 5 nitrogen and oxygen atoms in total. The Morgan fingerprint density at radius 3 is 2.77 bits per heavy atom. The van der Waals surface area contributed by atoms with E-state index in [2.05, 4.69) is 0 Å². The first-order valence-corrected chi connectivity index (χ1v) is 5.61. The predicted octanol–water partition coefficient (Wildman–Crippen LogP) is -1.22. The topological polar surface area (TPSA) is 86.3 Å². The number of carboxylic acid groups (broad SMARTS) is 1. The van der Waals surface area contributed by atoms with Crippen LogP contribution in [0.3, 0.4) is 0 Å². The second kappa shape index (κ2) is 3.86. The van der Waals surface area contributed by atoms with Crippen LogP contribution in [-0.4, -0.2) is 20.9 Å². The molecule has 0 saturated carbocycles. The summed E-state index contributed by atoms with van der Waals surface area (Å²) in [5, 5.41) is 11.6. The monoisotopic (exact) mass is 220 g/mol. The molecule has 7 heteroatoms. The number of carboxylic acids is 1. The third kappa shape index (κ3) is 2.79. The van der Waals surface area contributed by atoms with E-state index in [4.69, 9.17) is 0 Å². The molecule has 0 amide bonds. The van der Waals surface area contributed by atoms with Gasteiger partial charge in [-0.25, -0.2) is 13.1 Å². The maximum Gasteiger partial charge on any atom is 0.250 e. The molecule has 1 aromatic heterocycles. The van der Waals surface area contributed by atoms with E-state index in [0.29, 0.717) is 0 Å². The molecule has 0 unspecified atom stereocenters. The van der Waals surface area contributed by atoms with Crippen LogP contribution in [0.4, 0.5) is 0 Å². The molecule has 0 bridgehead atoms. The highest BCUT2D eigenvalue weighted by Crippen LogP contribution is 2.14. The first-order chi connectivity index (χ1) is 6.02. The maximum atomic E-state index is 11.2. The lowest BCUT2D eigenvalue weighted by atomic mass is 10.7. The highest BCUT2D eigenvalue weighted by Gasteiger charge is 2.13. The number of hydrogen-bond donors (Lipinski definition) is 1. The number of nitrogens with one attached hydrogen (secondary N) is 1. The van der Waals surface area contributed by atoms with Crippen LogP contribution < -0.4 is 9.83 Å². The average Bonchev–Trinajstić information content (AvgIpc) is 2.53. The second-order valence-corrected chi connectivity index (χ2v) is 5.07. The van der Waals surface area contributed by atoms with Crippen LogP contribution in [0.2, 0.25) is 0 Å². The third-order valence-corrected chi connectivity index (χ3v) is 3.97. The van der Waals surface area contributed by atoms with Crippen LogP contribution in [0, 0.1) is 0 Å². The van der Waals surface area contributed by atoms with Gasteiger partial charge in [0.25, 0.3) is 0 Å². The van der Waals surface area contributed by atoms with Crippen molar-refractivity contribution in [3.63, 3.8) is 0 Å². The highest BCUT2D eigenvalue weighted by atomic mass is 32.2. The van der Waals surface area contributed by atoms with Gasteiger partial charge in [-0.05, 0) is 11.4 Å². The quantitative estimate of drug-likeness (QED) is 0.688. The Bertz CT molecular complexity index is 381. The van der Waals surface area contributed by atoms with Crippen LogP contribution in [0.5, 0.6) is 0 Å². The second-order valence-electron chi connectivity index (χ2n) is 2.13. The van der Waals surface area contributed by atoms with Crippen LogP contribution >= 0.6 is 11.3 Å². The van der Waals surface area contributed by atoms with Gasteiger partial charge in [-0.1, -0.05) is 6.07 Å². The molecule has 0 radical (unpaired) electrons. The van der Waals surface area contributed by atoms with E-state index in [1.165, 1.54) is 6.07 Å². The van der Waals surface area contributed by atoms with Crippen LogP contribution in [-0.2, 0) is 14.8 Å². The largest absolute Gasteiger partial charge is 0.549 e. The molecule has 1 N–H and O–H groups in total. The van der Waals surface area contributed by atoms with Crippen molar-refractivity contribution in [1.29, 1.82) is 0 Å². The molecule has 0 aliphatic carbocycles. The van der Waals surface area contributed by atoms with E-state index in [1.54, 1.807) is 11.4 Å². The van der Waals surface area contributed by atoms with Crippen molar-refractivity contribution < 1.29 is 18.3 Å².